The van der Waals surface area contributed by atoms with Crippen LogP contribution in [-0.4, -0.2) is 24.1 Å². The van der Waals surface area contributed by atoms with E-state index in [-0.39, 0.29) is 17.4 Å². The number of hydrogen-bond acceptors (Lipinski definition) is 6. The monoisotopic (exact) mass is 351 g/mol. The van der Waals surface area contributed by atoms with E-state index < -0.39 is 0 Å². The van der Waals surface area contributed by atoms with Gasteiger partial charge in [-0.15, -0.1) is 11.3 Å². The Bertz CT molecular complexity index is 517. The molecular formula is C18H29N3O2S. The molecule has 0 aromatic carbocycles. The maximum atomic E-state index is 9.63. The first kappa shape index (κ1) is 20.6. The molecule has 6 heteroatoms. The van der Waals surface area contributed by atoms with Gasteiger partial charge in [0.15, 0.2) is 0 Å². The van der Waals surface area contributed by atoms with Crippen molar-refractivity contribution < 1.29 is 9.53 Å². The summed E-state index contributed by atoms with van der Waals surface area (Å²) < 4.78 is 4.52. The van der Waals surface area contributed by atoms with E-state index in [0.717, 1.165) is 18.5 Å². The molecule has 24 heavy (non-hydrogen) atoms. The topological polar surface area (TPSA) is 75.0 Å². The summed E-state index contributed by atoms with van der Waals surface area (Å²) in [6.07, 6.45) is 2.09. The average Bonchev–Trinajstić information content (AvgIpc) is 3.13. The Morgan fingerprint density at radius 3 is 2.67 bits per heavy atom. The third kappa shape index (κ3) is 7.41. The molecule has 1 aromatic heterocycles. The van der Waals surface area contributed by atoms with Crippen LogP contribution in [0.25, 0.3) is 0 Å². The first-order valence-electron chi connectivity index (χ1n) is 8.35. The molecule has 0 radical (unpaired) electrons. The third-order valence-corrected chi connectivity index (χ3v) is 4.24. The summed E-state index contributed by atoms with van der Waals surface area (Å²) in [7, 11) is 0. The van der Waals surface area contributed by atoms with Crippen molar-refractivity contribution in [2.24, 2.45) is 17.3 Å². The summed E-state index contributed by atoms with van der Waals surface area (Å²) in [6.45, 7) is 11.4. The third-order valence-electron chi connectivity index (χ3n) is 3.63. The molecule has 1 saturated heterocycles. The van der Waals surface area contributed by atoms with E-state index in [1.807, 2.05) is 31.7 Å². The second-order valence-electron chi connectivity index (χ2n) is 7.82. The van der Waals surface area contributed by atoms with Gasteiger partial charge in [0.1, 0.15) is 0 Å². The molecular weight excluding hydrogens is 322 g/mol. The standard InChI is InChI=1S/C12H17N3S.C6H12O2/c1-8(2)3-10-4-9(5-13)12(15-10)11-6-16-7-14-11;1-6(2,3)4-8-5-7/h6-10,12,15H,3-4H2,1-2H3;5H,4H2,1-3H3/t9-,10?,12-;/m1./s1. The molecule has 0 aliphatic carbocycles. The van der Waals surface area contributed by atoms with Crippen LogP contribution >= 0.6 is 11.3 Å². The van der Waals surface area contributed by atoms with E-state index in [2.05, 4.69) is 35.0 Å². The molecule has 2 rings (SSSR count). The average molecular weight is 352 g/mol. The second kappa shape index (κ2) is 9.75. The SMILES string of the molecule is CC(C)(C)COC=O.CC(C)CC1C[C@H](C#N)[C@H](c2cscn2)N1. The summed E-state index contributed by atoms with van der Waals surface area (Å²) in [6, 6.07) is 3.02. The summed E-state index contributed by atoms with van der Waals surface area (Å²) in [5.41, 5.74) is 2.96. The molecule has 1 N–H and O–H groups in total. The molecule has 0 bridgehead atoms. The van der Waals surface area contributed by atoms with E-state index in [0.29, 0.717) is 25.0 Å². The van der Waals surface area contributed by atoms with Crippen molar-refractivity contribution >= 4 is 17.8 Å². The van der Waals surface area contributed by atoms with Crippen LogP contribution in [0.4, 0.5) is 0 Å². The van der Waals surface area contributed by atoms with Crippen LogP contribution in [0.15, 0.2) is 10.9 Å². The molecule has 1 unspecified atom stereocenters. The highest BCUT2D eigenvalue weighted by atomic mass is 32.1. The van der Waals surface area contributed by atoms with Crippen LogP contribution < -0.4 is 5.32 Å². The normalized spacial score (nSPS) is 23.3. The van der Waals surface area contributed by atoms with Gasteiger partial charge in [-0.3, -0.25) is 4.79 Å². The van der Waals surface area contributed by atoms with E-state index in [4.69, 9.17) is 0 Å². The first-order valence-corrected chi connectivity index (χ1v) is 9.30. The number of nitrogens with one attached hydrogen (secondary N) is 1. The first-order chi connectivity index (χ1) is 11.3. The Morgan fingerprint density at radius 1 is 1.54 bits per heavy atom. The molecule has 5 nitrogen and oxygen atoms in total. The fraction of sp³-hybridized carbons (Fsp3) is 0.722. The molecule has 0 saturated carbocycles. The van der Waals surface area contributed by atoms with Crippen LogP contribution in [0.2, 0.25) is 0 Å². The minimum atomic E-state index is 0.0749. The lowest BCUT2D eigenvalue weighted by molar-refractivity contribution is -0.131. The zero-order valence-corrected chi connectivity index (χ0v) is 16.1. The Balaban J connectivity index is 0.000000307. The summed E-state index contributed by atoms with van der Waals surface area (Å²) >= 11 is 1.59. The van der Waals surface area contributed by atoms with E-state index in [1.54, 1.807) is 11.3 Å². The van der Waals surface area contributed by atoms with Crippen molar-refractivity contribution in [1.82, 2.24) is 10.3 Å². The van der Waals surface area contributed by atoms with Gasteiger partial charge < -0.3 is 10.1 Å². The van der Waals surface area contributed by atoms with E-state index in [1.165, 1.54) is 0 Å². The van der Waals surface area contributed by atoms with Crippen LogP contribution in [-0.2, 0) is 9.53 Å². The number of thiazole rings is 1. The Hall–Kier alpha value is -1.45. The van der Waals surface area contributed by atoms with Gasteiger partial charge in [0.25, 0.3) is 6.47 Å². The predicted octanol–water partition coefficient (Wildman–Crippen LogP) is 3.94. The molecule has 1 fully saturated rings. The number of ether oxygens (including phenoxy) is 1. The lowest BCUT2D eigenvalue weighted by Gasteiger charge is -2.14. The fourth-order valence-corrected chi connectivity index (χ4v) is 3.28. The quantitative estimate of drug-likeness (QED) is 0.813. The van der Waals surface area contributed by atoms with Crippen LogP contribution in [0, 0.1) is 28.6 Å². The lowest BCUT2D eigenvalue weighted by atomic mass is 9.96. The highest BCUT2D eigenvalue weighted by molar-refractivity contribution is 7.07. The Morgan fingerprint density at radius 2 is 2.25 bits per heavy atom. The maximum absolute atomic E-state index is 9.63. The molecule has 134 valence electrons. The van der Waals surface area contributed by atoms with Gasteiger partial charge in [-0.1, -0.05) is 34.6 Å². The van der Waals surface area contributed by atoms with Gasteiger partial charge in [-0.2, -0.15) is 5.26 Å². The zero-order valence-electron chi connectivity index (χ0n) is 15.3. The van der Waals surface area contributed by atoms with Gasteiger partial charge in [-0.05, 0) is 24.2 Å². The Kier molecular flexibility index (Phi) is 8.37. The highest BCUT2D eigenvalue weighted by Crippen LogP contribution is 2.33. The Labute approximate surface area is 149 Å². The molecule has 2 heterocycles. The minimum Gasteiger partial charge on any atom is -0.467 e. The van der Waals surface area contributed by atoms with Gasteiger partial charge in [-0.25, -0.2) is 4.98 Å². The number of rotatable bonds is 5. The highest BCUT2D eigenvalue weighted by Gasteiger charge is 2.35. The number of nitriles is 1. The van der Waals surface area contributed by atoms with Crippen molar-refractivity contribution in [3.8, 4) is 6.07 Å². The minimum absolute atomic E-state index is 0.0749. The van der Waals surface area contributed by atoms with Gasteiger partial charge in [0.05, 0.1) is 35.8 Å². The zero-order chi connectivity index (χ0) is 18.2. The van der Waals surface area contributed by atoms with Crippen molar-refractivity contribution in [3.05, 3.63) is 16.6 Å². The molecule has 1 aliphatic rings. The molecule has 1 aromatic rings. The van der Waals surface area contributed by atoms with E-state index in [9.17, 15) is 10.1 Å². The van der Waals surface area contributed by atoms with Crippen molar-refractivity contribution in [3.63, 3.8) is 0 Å². The van der Waals surface area contributed by atoms with Gasteiger partial charge in [0.2, 0.25) is 0 Å². The number of nitrogens with zero attached hydrogens (tertiary/aromatic N) is 2. The van der Waals surface area contributed by atoms with Crippen LogP contribution in [0.1, 0.15) is 59.2 Å². The molecule has 0 amide bonds. The van der Waals surface area contributed by atoms with Crippen molar-refractivity contribution in [2.75, 3.05) is 6.61 Å². The number of hydrogen-bond donors (Lipinski definition) is 1. The fourth-order valence-electron chi connectivity index (χ4n) is 2.69. The smallest absolute Gasteiger partial charge is 0.293 e. The molecule has 0 spiro atoms. The van der Waals surface area contributed by atoms with E-state index >= 15 is 0 Å². The molecule has 1 aliphatic heterocycles. The van der Waals surface area contributed by atoms with Crippen molar-refractivity contribution in [2.45, 2.75) is 59.5 Å². The number of aromatic nitrogens is 1. The van der Waals surface area contributed by atoms with Gasteiger partial charge in [0, 0.05) is 11.4 Å². The summed E-state index contributed by atoms with van der Waals surface area (Å²) in [5.74, 6) is 0.747. The maximum Gasteiger partial charge on any atom is 0.293 e. The molecule has 3 atom stereocenters. The number of carbonyl (C=O) groups is 1. The number of carbonyl (C=O) groups excluding carboxylic acids is 1. The van der Waals surface area contributed by atoms with Gasteiger partial charge >= 0.3 is 0 Å². The predicted molar refractivity (Wildman–Crippen MR) is 96.4 cm³/mol. The summed E-state index contributed by atoms with van der Waals surface area (Å²) in [5, 5.41) is 14.8. The van der Waals surface area contributed by atoms with Crippen molar-refractivity contribution in [1.29, 1.82) is 5.26 Å². The lowest BCUT2D eigenvalue weighted by Crippen LogP contribution is -2.26. The van der Waals surface area contributed by atoms with Crippen LogP contribution in [0.5, 0.6) is 0 Å². The second-order valence-corrected chi connectivity index (χ2v) is 8.54. The summed E-state index contributed by atoms with van der Waals surface area (Å²) in [4.78, 5) is 13.9. The largest absolute Gasteiger partial charge is 0.467 e. The van der Waals surface area contributed by atoms with Crippen LogP contribution in [0.3, 0.4) is 0 Å².